The summed E-state index contributed by atoms with van der Waals surface area (Å²) < 4.78 is 6.61. The maximum absolute atomic E-state index is 12.5. The molecule has 1 N–H and O–H groups in total. The van der Waals surface area contributed by atoms with Gasteiger partial charge in [0.25, 0.3) is 0 Å². The zero-order valence-corrected chi connectivity index (χ0v) is 18.1. The third-order valence-corrected chi connectivity index (χ3v) is 5.27. The minimum absolute atomic E-state index is 0.0524. The minimum Gasteiger partial charge on any atom is -0.467 e. The fourth-order valence-electron chi connectivity index (χ4n) is 3.55. The van der Waals surface area contributed by atoms with Crippen LogP contribution in [0.5, 0.6) is 0 Å². The van der Waals surface area contributed by atoms with Gasteiger partial charge in [0.05, 0.1) is 12.8 Å². The molecule has 0 aliphatic heterocycles. The second kappa shape index (κ2) is 9.07. The molecule has 0 bridgehead atoms. The van der Waals surface area contributed by atoms with E-state index >= 15 is 0 Å². The zero-order chi connectivity index (χ0) is 21.8. The summed E-state index contributed by atoms with van der Waals surface area (Å²) in [6.07, 6.45) is 0.765. The van der Waals surface area contributed by atoms with Gasteiger partial charge >= 0.3 is 5.97 Å². The predicted octanol–water partition coefficient (Wildman–Crippen LogP) is 3.26. The first-order valence-corrected chi connectivity index (χ1v) is 10.1. The number of carbonyl (C=O) groups is 2. The fourth-order valence-corrected chi connectivity index (χ4v) is 3.55. The van der Waals surface area contributed by atoms with Gasteiger partial charge in [-0.05, 0) is 31.7 Å². The van der Waals surface area contributed by atoms with Gasteiger partial charge in [0.15, 0.2) is 5.65 Å². The fraction of sp³-hybridized carbons (Fsp3) is 0.391. The van der Waals surface area contributed by atoms with Crippen LogP contribution in [-0.4, -0.2) is 39.6 Å². The van der Waals surface area contributed by atoms with E-state index in [1.807, 2.05) is 68.6 Å². The van der Waals surface area contributed by atoms with Gasteiger partial charge in [-0.15, -0.1) is 0 Å². The Balaban J connectivity index is 1.79. The van der Waals surface area contributed by atoms with Crippen molar-refractivity contribution >= 4 is 17.5 Å². The average Bonchev–Trinajstić information content (AvgIpc) is 3.16. The molecule has 2 aromatic heterocycles. The largest absolute Gasteiger partial charge is 0.467 e. The molecule has 1 atom stereocenters. The number of amides is 1. The summed E-state index contributed by atoms with van der Waals surface area (Å²) in [6, 6.07) is 11.3. The van der Waals surface area contributed by atoms with E-state index in [0.717, 1.165) is 33.9 Å². The van der Waals surface area contributed by atoms with E-state index < -0.39 is 12.0 Å². The summed E-state index contributed by atoms with van der Waals surface area (Å²) in [7, 11) is 1.32. The minimum atomic E-state index is -0.648. The third-order valence-electron chi connectivity index (χ3n) is 5.27. The lowest BCUT2D eigenvalue weighted by Gasteiger charge is -2.20. The van der Waals surface area contributed by atoms with Crippen molar-refractivity contribution in [3.05, 3.63) is 53.3 Å². The Bertz CT molecular complexity index is 1060. The molecule has 7 nitrogen and oxygen atoms in total. The smallest absolute Gasteiger partial charge is 0.328 e. The SMILES string of the molecule is COC(=O)[C@H](NC(=O)CCc1c(C)nc2cc(-c3ccccc3)nn2c1C)C(C)C. The molecule has 3 aromatic rings. The Kier molecular flexibility index (Phi) is 6.50. The van der Waals surface area contributed by atoms with Crippen molar-refractivity contribution in [3.8, 4) is 11.3 Å². The molecular weight excluding hydrogens is 380 g/mol. The predicted molar refractivity (Wildman–Crippen MR) is 115 cm³/mol. The maximum Gasteiger partial charge on any atom is 0.328 e. The highest BCUT2D eigenvalue weighted by Gasteiger charge is 2.25. The van der Waals surface area contributed by atoms with Crippen LogP contribution in [0.15, 0.2) is 36.4 Å². The van der Waals surface area contributed by atoms with Crippen molar-refractivity contribution < 1.29 is 14.3 Å². The molecule has 0 radical (unpaired) electrons. The number of hydrogen-bond acceptors (Lipinski definition) is 5. The first-order valence-electron chi connectivity index (χ1n) is 10.1. The van der Waals surface area contributed by atoms with Gasteiger partial charge < -0.3 is 10.1 Å². The Morgan fingerprint density at radius 3 is 2.50 bits per heavy atom. The van der Waals surface area contributed by atoms with E-state index in [2.05, 4.69) is 10.3 Å². The third kappa shape index (κ3) is 4.50. The number of aromatic nitrogens is 3. The van der Waals surface area contributed by atoms with Crippen LogP contribution in [0, 0.1) is 19.8 Å². The lowest BCUT2D eigenvalue weighted by Crippen LogP contribution is -2.45. The molecule has 0 aliphatic carbocycles. The second-order valence-electron chi connectivity index (χ2n) is 7.74. The molecule has 0 spiro atoms. The molecule has 2 heterocycles. The number of fused-ring (bicyclic) bond motifs is 1. The Hall–Kier alpha value is -3.22. The second-order valence-corrected chi connectivity index (χ2v) is 7.74. The summed E-state index contributed by atoms with van der Waals surface area (Å²) >= 11 is 0. The van der Waals surface area contributed by atoms with Gasteiger partial charge in [-0.2, -0.15) is 5.10 Å². The number of benzene rings is 1. The summed E-state index contributed by atoms with van der Waals surface area (Å²) in [5, 5.41) is 7.49. The molecule has 158 valence electrons. The Morgan fingerprint density at radius 1 is 1.17 bits per heavy atom. The average molecular weight is 409 g/mol. The summed E-state index contributed by atoms with van der Waals surface area (Å²) in [6.45, 7) is 7.68. The summed E-state index contributed by atoms with van der Waals surface area (Å²) in [5.74, 6) is -0.675. The molecule has 3 rings (SSSR count). The molecule has 30 heavy (non-hydrogen) atoms. The first kappa shape index (κ1) is 21.5. The first-order chi connectivity index (χ1) is 14.3. The van der Waals surface area contributed by atoms with Gasteiger partial charge in [-0.1, -0.05) is 44.2 Å². The molecule has 0 saturated carbocycles. The van der Waals surface area contributed by atoms with E-state index in [1.165, 1.54) is 7.11 Å². The monoisotopic (exact) mass is 408 g/mol. The number of carbonyl (C=O) groups excluding carboxylic acids is 2. The molecule has 0 fully saturated rings. The molecule has 1 amide bonds. The van der Waals surface area contributed by atoms with Crippen molar-refractivity contribution in [1.82, 2.24) is 19.9 Å². The van der Waals surface area contributed by atoms with Crippen LogP contribution >= 0.6 is 0 Å². The highest BCUT2D eigenvalue weighted by atomic mass is 16.5. The van der Waals surface area contributed by atoms with Gasteiger partial charge in [-0.3, -0.25) is 4.79 Å². The lowest BCUT2D eigenvalue weighted by atomic mass is 10.0. The summed E-state index contributed by atoms with van der Waals surface area (Å²) in [5.41, 5.74) is 5.49. The normalized spacial score (nSPS) is 12.2. The van der Waals surface area contributed by atoms with Crippen LogP contribution < -0.4 is 5.32 Å². The topological polar surface area (TPSA) is 85.6 Å². The van der Waals surface area contributed by atoms with Crippen molar-refractivity contribution in [2.75, 3.05) is 7.11 Å². The number of nitrogens with zero attached hydrogens (tertiary/aromatic N) is 3. The highest BCUT2D eigenvalue weighted by Crippen LogP contribution is 2.22. The maximum atomic E-state index is 12.5. The zero-order valence-electron chi connectivity index (χ0n) is 18.1. The number of hydrogen-bond donors (Lipinski definition) is 1. The summed E-state index contributed by atoms with van der Waals surface area (Å²) in [4.78, 5) is 29.0. The van der Waals surface area contributed by atoms with Gasteiger partial charge in [0, 0.05) is 29.4 Å². The van der Waals surface area contributed by atoms with Crippen molar-refractivity contribution in [2.45, 2.75) is 46.6 Å². The number of ether oxygens (including phenoxy) is 1. The molecule has 1 aromatic carbocycles. The molecule has 0 aliphatic rings. The van der Waals surface area contributed by atoms with Crippen molar-refractivity contribution in [1.29, 1.82) is 0 Å². The Labute approximate surface area is 176 Å². The van der Waals surface area contributed by atoms with Crippen LogP contribution in [0.25, 0.3) is 16.9 Å². The number of nitrogens with one attached hydrogen (secondary N) is 1. The number of rotatable bonds is 7. The van der Waals surface area contributed by atoms with Gasteiger partial charge in [0.2, 0.25) is 5.91 Å². The number of esters is 1. The van der Waals surface area contributed by atoms with E-state index in [9.17, 15) is 9.59 Å². The highest BCUT2D eigenvalue weighted by molar-refractivity contribution is 5.84. The molecular formula is C23H28N4O3. The lowest BCUT2D eigenvalue weighted by molar-refractivity contribution is -0.146. The number of methoxy groups -OCH3 is 1. The quantitative estimate of drug-likeness (QED) is 0.607. The molecule has 0 saturated heterocycles. The van der Waals surface area contributed by atoms with E-state index in [1.54, 1.807) is 0 Å². The van der Waals surface area contributed by atoms with E-state index in [0.29, 0.717) is 6.42 Å². The van der Waals surface area contributed by atoms with Crippen LogP contribution in [0.1, 0.15) is 37.2 Å². The van der Waals surface area contributed by atoms with Crippen LogP contribution in [0.4, 0.5) is 0 Å². The van der Waals surface area contributed by atoms with E-state index in [-0.39, 0.29) is 18.2 Å². The Morgan fingerprint density at radius 2 is 1.87 bits per heavy atom. The van der Waals surface area contributed by atoms with Crippen LogP contribution in [0.3, 0.4) is 0 Å². The molecule has 7 heteroatoms. The molecule has 0 unspecified atom stereocenters. The van der Waals surface area contributed by atoms with Crippen LogP contribution in [0.2, 0.25) is 0 Å². The number of aryl methyl sites for hydroxylation is 2. The van der Waals surface area contributed by atoms with Crippen LogP contribution in [-0.2, 0) is 20.7 Å². The van der Waals surface area contributed by atoms with Crippen molar-refractivity contribution in [2.24, 2.45) is 5.92 Å². The van der Waals surface area contributed by atoms with E-state index in [4.69, 9.17) is 9.84 Å². The standard InChI is InChI=1S/C23H28N4O3/c1-14(2)22(23(29)30-5)25-21(28)12-11-18-15(3)24-20-13-19(26-27(20)16(18)4)17-9-7-6-8-10-17/h6-10,13-14,22H,11-12H2,1-5H3,(H,25,28)/t22-/m1/s1. The van der Waals surface area contributed by atoms with Crippen molar-refractivity contribution in [3.63, 3.8) is 0 Å². The van der Waals surface area contributed by atoms with Gasteiger partial charge in [-0.25, -0.2) is 14.3 Å². The van der Waals surface area contributed by atoms with Gasteiger partial charge in [0.1, 0.15) is 6.04 Å².